The first-order chi connectivity index (χ1) is 3.89. The molecule has 0 heterocycles. The third kappa shape index (κ3) is 1.90. The average molecular weight is 157 g/mol. The molecule has 0 aliphatic rings. The Bertz CT molecular complexity index is 122. The zero-order chi connectivity index (χ0) is 7.65. The predicted molar refractivity (Wildman–Crippen MR) is 30.6 cm³/mol. The first kappa shape index (κ1) is 8.82. The van der Waals surface area contributed by atoms with Crippen molar-refractivity contribution in [3.8, 4) is 0 Å². The Kier molecular flexibility index (Phi) is 2.55. The summed E-state index contributed by atoms with van der Waals surface area (Å²) in [6.07, 6.45) is -2.69. The molecule has 0 rings (SSSR count). The second-order valence-corrected chi connectivity index (χ2v) is 2.64. The Hall–Kier alpha value is -0.180. The number of rotatable bonds is 2. The number of carbonyl (C=O) groups is 1. The summed E-state index contributed by atoms with van der Waals surface area (Å²) in [5, 5.41) is -1.00. The molecule has 0 bridgehead atoms. The molecule has 0 N–H and O–H groups in total. The Morgan fingerprint density at radius 2 is 1.89 bits per heavy atom. The number of alkyl halides is 2. The molecule has 0 aliphatic heterocycles. The number of hydrogen-bond donors (Lipinski definition) is 0. The average Bonchev–Trinajstić information content (AvgIpc) is 1.65. The molecule has 54 valence electrons. The molecular weight excluding hydrogens is 150 g/mol. The van der Waals surface area contributed by atoms with Gasteiger partial charge in [0.05, 0.1) is 5.41 Å². The number of halogens is 3. The third-order valence-electron chi connectivity index (χ3n) is 1.05. The van der Waals surface area contributed by atoms with Gasteiger partial charge in [-0.1, -0.05) is 0 Å². The van der Waals surface area contributed by atoms with E-state index in [0.717, 1.165) is 13.8 Å². The zero-order valence-corrected chi connectivity index (χ0v) is 5.88. The van der Waals surface area contributed by atoms with E-state index in [1.807, 2.05) is 0 Å². The summed E-state index contributed by atoms with van der Waals surface area (Å²) in [6, 6.07) is 0. The van der Waals surface area contributed by atoms with Crippen molar-refractivity contribution in [1.82, 2.24) is 0 Å². The molecule has 0 unspecified atom stereocenters. The summed E-state index contributed by atoms with van der Waals surface area (Å²) < 4.78 is 23.5. The van der Waals surface area contributed by atoms with Gasteiger partial charge in [0.1, 0.15) is 0 Å². The minimum atomic E-state index is -2.69. The van der Waals surface area contributed by atoms with E-state index in [2.05, 4.69) is 0 Å². The summed E-state index contributed by atoms with van der Waals surface area (Å²) in [4.78, 5) is 10.2. The predicted octanol–water partition coefficient (Wildman–Crippen LogP) is 2.04. The van der Waals surface area contributed by atoms with E-state index < -0.39 is 17.1 Å². The molecule has 0 aromatic carbocycles. The van der Waals surface area contributed by atoms with Crippen LogP contribution in [0.15, 0.2) is 0 Å². The fraction of sp³-hybridized carbons (Fsp3) is 0.800. The topological polar surface area (TPSA) is 17.1 Å². The van der Waals surface area contributed by atoms with Gasteiger partial charge in [-0.3, -0.25) is 4.79 Å². The lowest BCUT2D eigenvalue weighted by Gasteiger charge is -2.16. The van der Waals surface area contributed by atoms with Crippen LogP contribution in [0.25, 0.3) is 0 Å². The molecule has 0 aromatic heterocycles. The van der Waals surface area contributed by atoms with Crippen molar-refractivity contribution < 1.29 is 13.6 Å². The zero-order valence-electron chi connectivity index (χ0n) is 5.12. The van der Waals surface area contributed by atoms with Crippen LogP contribution in [-0.2, 0) is 4.79 Å². The lowest BCUT2D eigenvalue weighted by Crippen LogP contribution is -2.28. The highest BCUT2D eigenvalue weighted by atomic mass is 35.5. The van der Waals surface area contributed by atoms with Gasteiger partial charge in [-0.05, 0) is 25.4 Å². The fourth-order valence-corrected chi connectivity index (χ4v) is 0.168. The van der Waals surface area contributed by atoms with Crippen molar-refractivity contribution in [1.29, 1.82) is 0 Å². The van der Waals surface area contributed by atoms with Gasteiger partial charge in [-0.15, -0.1) is 0 Å². The van der Waals surface area contributed by atoms with Crippen LogP contribution in [0.4, 0.5) is 8.78 Å². The maximum absolute atomic E-state index is 11.8. The van der Waals surface area contributed by atoms with E-state index in [4.69, 9.17) is 11.6 Å². The van der Waals surface area contributed by atoms with Crippen LogP contribution in [0, 0.1) is 5.41 Å². The minimum Gasteiger partial charge on any atom is -0.280 e. The summed E-state index contributed by atoms with van der Waals surface area (Å²) in [7, 11) is 0. The molecular formula is C5H7ClF2O. The number of hydrogen-bond acceptors (Lipinski definition) is 1. The highest BCUT2D eigenvalue weighted by Crippen LogP contribution is 2.26. The minimum absolute atomic E-state index is 1.00. The molecule has 0 spiro atoms. The van der Waals surface area contributed by atoms with E-state index in [0.29, 0.717) is 0 Å². The van der Waals surface area contributed by atoms with Crippen LogP contribution in [0.2, 0.25) is 0 Å². The summed E-state index contributed by atoms with van der Waals surface area (Å²) in [5.74, 6) is 0. The first-order valence-corrected chi connectivity index (χ1v) is 2.75. The lowest BCUT2D eigenvalue weighted by atomic mass is 9.97. The van der Waals surface area contributed by atoms with E-state index in [9.17, 15) is 13.6 Å². The van der Waals surface area contributed by atoms with E-state index >= 15 is 0 Å². The fourth-order valence-electron chi connectivity index (χ4n) is 0.0858. The Morgan fingerprint density at radius 1 is 1.56 bits per heavy atom. The largest absolute Gasteiger partial charge is 0.280 e. The molecule has 0 radical (unpaired) electrons. The maximum Gasteiger partial charge on any atom is 0.251 e. The van der Waals surface area contributed by atoms with Crippen LogP contribution in [0.3, 0.4) is 0 Å². The Balaban J connectivity index is 4.19. The Morgan fingerprint density at radius 3 is 1.89 bits per heavy atom. The molecule has 0 aromatic rings. The molecule has 0 amide bonds. The second kappa shape index (κ2) is 2.60. The van der Waals surface area contributed by atoms with Crippen molar-refractivity contribution in [2.75, 3.05) is 0 Å². The smallest absolute Gasteiger partial charge is 0.251 e. The van der Waals surface area contributed by atoms with Crippen LogP contribution < -0.4 is 0 Å². The molecule has 9 heavy (non-hydrogen) atoms. The molecule has 0 aliphatic carbocycles. The van der Waals surface area contributed by atoms with Crippen LogP contribution >= 0.6 is 11.6 Å². The van der Waals surface area contributed by atoms with Crippen molar-refractivity contribution in [3.05, 3.63) is 0 Å². The molecule has 0 saturated carbocycles. The Labute approximate surface area is 57.0 Å². The standard InChI is InChI=1S/C5H7ClF2O/c1-5(2,3(6)9)4(7)8/h4H,1-2H3. The van der Waals surface area contributed by atoms with Gasteiger partial charge in [-0.2, -0.15) is 0 Å². The summed E-state index contributed by atoms with van der Waals surface area (Å²) >= 11 is 4.85. The molecule has 0 fully saturated rings. The summed E-state index contributed by atoms with van der Waals surface area (Å²) in [6.45, 7) is 2.21. The van der Waals surface area contributed by atoms with Gasteiger partial charge in [0.25, 0.3) is 6.43 Å². The van der Waals surface area contributed by atoms with E-state index in [1.54, 1.807) is 0 Å². The molecule has 0 atom stereocenters. The third-order valence-corrected chi connectivity index (χ3v) is 1.54. The normalized spacial score (nSPS) is 12.2. The summed E-state index contributed by atoms with van der Waals surface area (Å²) in [5.41, 5.74) is -1.71. The van der Waals surface area contributed by atoms with Gasteiger partial charge >= 0.3 is 0 Å². The highest BCUT2D eigenvalue weighted by molar-refractivity contribution is 6.64. The van der Waals surface area contributed by atoms with Gasteiger partial charge in [-0.25, -0.2) is 8.78 Å². The van der Waals surface area contributed by atoms with Gasteiger partial charge in [0.15, 0.2) is 0 Å². The lowest BCUT2D eigenvalue weighted by molar-refractivity contribution is -0.126. The number of carbonyl (C=O) groups excluding carboxylic acids is 1. The quantitative estimate of drug-likeness (QED) is 0.560. The van der Waals surface area contributed by atoms with Crippen LogP contribution in [0.5, 0.6) is 0 Å². The highest BCUT2D eigenvalue weighted by Gasteiger charge is 2.36. The maximum atomic E-state index is 11.8. The first-order valence-electron chi connectivity index (χ1n) is 2.37. The van der Waals surface area contributed by atoms with Crippen LogP contribution in [0.1, 0.15) is 13.8 Å². The molecule has 4 heteroatoms. The van der Waals surface area contributed by atoms with Gasteiger partial charge in [0, 0.05) is 0 Å². The van der Waals surface area contributed by atoms with Crippen molar-refractivity contribution in [2.45, 2.75) is 20.3 Å². The van der Waals surface area contributed by atoms with Gasteiger partial charge in [0.2, 0.25) is 5.24 Å². The van der Waals surface area contributed by atoms with Crippen molar-refractivity contribution in [2.24, 2.45) is 5.41 Å². The van der Waals surface area contributed by atoms with Gasteiger partial charge < -0.3 is 0 Å². The van der Waals surface area contributed by atoms with Crippen molar-refractivity contribution >= 4 is 16.8 Å². The van der Waals surface area contributed by atoms with Crippen molar-refractivity contribution in [3.63, 3.8) is 0 Å². The molecule has 1 nitrogen and oxygen atoms in total. The van der Waals surface area contributed by atoms with E-state index in [-0.39, 0.29) is 0 Å². The monoisotopic (exact) mass is 156 g/mol. The molecule has 0 saturated heterocycles. The van der Waals surface area contributed by atoms with Crippen LogP contribution in [-0.4, -0.2) is 11.7 Å². The van der Waals surface area contributed by atoms with E-state index in [1.165, 1.54) is 0 Å². The second-order valence-electron chi connectivity index (χ2n) is 2.30. The SMILES string of the molecule is CC(C)(C(=O)Cl)C(F)F.